The van der Waals surface area contributed by atoms with Crippen molar-refractivity contribution in [1.29, 1.82) is 0 Å². The highest BCUT2D eigenvalue weighted by Gasteiger charge is 2.24. The molecule has 24 heavy (non-hydrogen) atoms. The number of aliphatic hydroxyl groups is 1. The maximum atomic E-state index is 12.3. The molecule has 3 N–H and O–H groups in total. The number of benzene rings is 1. The molecule has 1 aromatic heterocycles. The lowest BCUT2D eigenvalue weighted by molar-refractivity contribution is 0.0955. The van der Waals surface area contributed by atoms with Crippen molar-refractivity contribution in [3.63, 3.8) is 0 Å². The Bertz CT molecular complexity index is 726. The van der Waals surface area contributed by atoms with Crippen LogP contribution in [-0.2, 0) is 7.05 Å². The number of rotatable bonds is 3. The number of urea groups is 1. The number of hydrogen-bond donors (Lipinski definition) is 3. The summed E-state index contributed by atoms with van der Waals surface area (Å²) in [6.07, 6.45) is 4.93. The summed E-state index contributed by atoms with van der Waals surface area (Å²) in [4.78, 5) is 12.3. The van der Waals surface area contributed by atoms with Gasteiger partial charge in [0.25, 0.3) is 0 Å². The van der Waals surface area contributed by atoms with Crippen LogP contribution in [-0.4, -0.2) is 33.1 Å². The molecule has 0 spiro atoms. The largest absolute Gasteiger partial charge is 0.391 e. The Kier molecular flexibility index (Phi) is 4.85. The van der Waals surface area contributed by atoms with Gasteiger partial charge in [0.05, 0.1) is 17.8 Å². The second kappa shape index (κ2) is 7.05. The van der Waals surface area contributed by atoms with Gasteiger partial charge in [-0.15, -0.1) is 0 Å². The van der Waals surface area contributed by atoms with E-state index in [2.05, 4.69) is 15.7 Å². The first-order chi connectivity index (χ1) is 11.5. The van der Waals surface area contributed by atoms with Gasteiger partial charge in [-0.3, -0.25) is 4.68 Å². The Hall–Kier alpha value is -2.34. The van der Waals surface area contributed by atoms with Gasteiger partial charge < -0.3 is 15.7 Å². The van der Waals surface area contributed by atoms with Crippen LogP contribution < -0.4 is 10.6 Å². The first-order valence-corrected chi connectivity index (χ1v) is 8.39. The minimum Gasteiger partial charge on any atom is -0.391 e. The summed E-state index contributed by atoms with van der Waals surface area (Å²) in [6.45, 7) is 1.96. The predicted molar refractivity (Wildman–Crippen MR) is 93.8 cm³/mol. The van der Waals surface area contributed by atoms with Crippen molar-refractivity contribution < 1.29 is 9.90 Å². The second-order valence-corrected chi connectivity index (χ2v) is 6.43. The van der Waals surface area contributed by atoms with Crippen LogP contribution in [0.25, 0.3) is 11.3 Å². The van der Waals surface area contributed by atoms with Gasteiger partial charge in [0.2, 0.25) is 0 Å². The third-order valence-corrected chi connectivity index (χ3v) is 4.65. The smallest absolute Gasteiger partial charge is 0.319 e. The first kappa shape index (κ1) is 16.5. The minimum atomic E-state index is -0.452. The Morgan fingerprint density at radius 1 is 1.29 bits per heavy atom. The number of aryl methyl sites for hydroxylation is 2. The van der Waals surface area contributed by atoms with Crippen molar-refractivity contribution in [1.82, 2.24) is 15.1 Å². The zero-order valence-corrected chi connectivity index (χ0v) is 14.1. The van der Waals surface area contributed by atoms with Crippen LogP contribution in [0.4, 0.5) is 10.5 Å². The van der Waals surface area contributed by atoms with Crippen LogP contribution >= 0.6 is 0 Å². The molecule has 1 fully saturated rings. The standard InChI is InChI=1S/C18H24N4O2/c1-12-7-8-13(16-9-10-19-22(16)2)11-15(12)21-18(24)20-14-5-3-4-6-17(14)23/h7-11,14,17,23H,3-6H2,1-2H3,(H2,20,21,24)/t14-,17+/m0/s1. The van der Waals surface area contributed by atoms with Crippen LogP contribution in [0.3, 0.4) is 0 Å². The lowest BCUT2D eigenvalue weighted by Crippen LogP contribution is -2.46. The fraction of sp³-hybridized carbons (Fsp3) is 0.444. The van der Waals surface area contributed by atoms with Crippen molar-refractivity contribution in [2.45, 2.75) is 44.8 Å². The zero-order chi connectivity index (χ0) is 17.1. The molecular weight excluding hydrogens is 304 g/mol. The maximum absolute atomic E-state index is 12.3. The van der Waals surface area contributed by atoms with Gasteiger partial charge in [-0.2, -0.15) is 5.10 Å². The van der Waals surface area contributed by atoms with Crippen molar-refractivity contribution >= 4 is 11.7 Å². The Labute approximate surface area is 141 Å². The van der Waals surface area contributed by atoms with Crippen LogP contribution in [0, 0.1) is 6.92 Å². The predicted octanol–water partition coefficient (Wildman–Crippen LogP) is 2.82. The Balaban J connectivity index is 1.72. The molecule has 2 atom stereocenters. The van der Waals surface area contributed by atoms with E-state index in [9.17, 15) is 9.90 Å². The summed E-state index contributed by atoms with van der Waals surface area (Å²) in [6, 6.07) is 7.44. The van der Waals surface area contributed by atoms with E-state index in [1.165, 1.54) is 0 Å². The first-order valence-electron chi connectivity index (χ1n) is 8.39. The van der Waals surface area contributed by atoms with Gasteiger partial charge in [0.15, 0.2) is 0 Å². The molecule has 3 rings (SSSR count). The highest BCUT2D eigenvalue weighted by atomic mass is 16.3. The monoisotopic (exact) mass is 328 g/mol. The van der Waals surface area contributed by atoms with Crippen LogP contribution in [0.2, 0.25) is 0 Å². The molecule has 0 unspecified atom stereocenters. The highest BCUT2D eigenvalue weighted by Crippen LogP contribution is 2.25. The maximum Gasteiger partial charge on any atom is 0.319 e. The van der Waals surface area contributed by atoms with Crippen molar-refractivity contribution in [3.8, 4) is 11.3 Å². The van der Waals surface area contributed by atoms with Crippen molar-refractivity contribution in [2.24, 2.45) is 7.05 Å². The van der Waals surface area contributed by atoms with Crippen LogP contribution in [0.1, 0.15) is 31.2 Å². The van der Waals surface area contributed by atoms with Gasteiger partial charge >= 0.3 is 6.03 Å². The Morgan fingerprint density at radius 2 is 2.08 bits per heavy atom. The van der Waals surface area contributed by atoms with E-state index in [0.717, 1.165) is 48.2 Å². The molecule has 1 aliphatic rings. The molecule has 0 aliphatic heterocycles. The van der Waals surface area contributed by atoms with Crippen LogP contribution in [0.15, 0.2) is 30.5 Å². The van der Waals surface area contributed by atoms with E-state index < -0.39 is 6.10 Å². The molecule has 128 valence electrons. The van der Waals surface area contributed by atoms with Gasteiger partial charge in [-0.1, -0.05) is 25.0 Å². The third-order valence-electron chi connectivity index (χ3n) is 4.65. The summed E-state index contributed by atoms with van der Waals surface area (Å²) in [7, 11) is 1.89. The van der Waals surface area contributed by atoms with Crippen LogP contribution in [0.5, 0.6) is 0 Å². The van der Waals surface area contributed by atoms with E-state index in [4.69, 9.17) is 0 Å². The molecule has 0 saturated heterocycles. The number of nitrogens with zero attached hydrogens (tertiary/aromatic N) is 2. The molecule has 1 aromatic carbocycles. The van der Waals surface area contributed by atoms with E-state index in [-0.39, 0.29) is 12.1 Å². The third kappa shape index (κ3) is 3.59. The molecule has 6 nitrogen and oxygen atoms in total. The number of carbonyl (C=O) groups is 1. The zero-order valence-electron chi connectivity index (χ0n) is 14.1. The number of carbonyl (C=O) groups excluding carboxylic acids is 1. The van der Waals surface area contributed by atoms with E-state index >= 15 is 0 Å². The number of aromatic nitrogens is 2. The quantitative estimate of drug-likeness (QED) is 0.810. The van der Waals surface area contributed by atoms with Crippen molar-refractivity contribution in [3.05, 3.63) is 36.0 Å². The summed E-state index contributed by atoms with van der Waals surface area (Å²) < 4.78 is 1.80. The van der Waals surface area contributed by atoms with Gasteiger partial charge in [0, 0.05) is 24.5 Å². The fourth-order valence-corrected chi connectivity index (χ4v) is 3.18. The lowest BCUT2D eigenvalue weighted by Gasteiger charge is -2.28. The molecule has 0 bridgehead atoms. The molecule has 2 amide bonds. The van der Waals surface area contributed by atoms with Gasteiger partial charge in [-0.25, -0.2) is 4.79 Å². The summed E-state index contributed by atoms with van der Waals surface area (Å²) in [5.41, 5.74) is 3.73. The number of nitrogens with one attached hydrogen (secondary N) is 2. The lowest BCUT2D eigenvalue weighted by atomic mass is 9.93. The summed E-state index contributed by atoms with van der Waals surface area (Å²) in [5.74, 6) is 0. The number of amides is 2. The molecule has 1 heterocycles. The topological polar surface area (TPSA) is 79.2 Å². The second-order valence-electron chi connectivity index (χ2n) is 6.43. The Morgan fingerprint density at radius 3 is 2.79 bits per heavy atom. The SMILES string of the molecule is Cc1ccc(-c2ccnn2C)cc1NC(=O)N[C@H]1CCCC[C@H]1O. The summed E-state index contributed by atoms with van der Waals surface area (Å²) >= 11 is 0. The number of anilines is 1. The number of hydrogen-bond acceptors (Lipinski definition) is 3. The van der Waals surface area contributed by atoms with Gasteiger partial charge in [-0.05, 0) is 37.5 Å². The molecular formula is C18H24N4O2. The molecule has 2 aromatic rings. The molecule has 1 aliphatic carbocycles. The normalized spacial score (nSPS) is 20.6. The van der Waals surface area contributed by atoms with E-state index in [1.807, 2.05) is 38.2 Å². The van der Waals surface area contributed by atoms with Crippen molar-refractivity contribution in [2.75, 3.05) is 5.32 Å². The average molecular weight is 328 g/mol. The summed E-state index contributed by atoms with van der Waals surface area (Å²) in [5, 5.41) is 20.0. The van der Waals surface area contributed by atoms with Gasteiger partial charge in [0.1, 0.15) is 0 Å². The fourth-order valence-electron chi connectivity index (χ4n) is 3.18. The highest BCUT2D eigenvalue weighted by molar-refractivity contribution is 5.91. The van der Waals surface area contributed by atoms with E-state index in [0.29, 0.717) is 0 Å². The molecule has 0 radical (unpaired) electrons. The minimum absolute atomic E-state index is 0.167. The molecule has 1 saturated carbocycles. The molecule has 6 heteroatoms. The number of aliphatic hydroxyl groups excluding tert-OH is 1. The van der Waals surface area contributed by atoms with E-state index in [1.54, 1.807) is 10.9 Å². The average Bonchev–Trinajstić information content (AvgIpc) is 2.98.